The number of carbonyl (C=O) groups is 1. The minimum absolute atomic E-state index is 0.214. The van der Waals surface area contributed by atoms with Gasteiger partial charge in [-0.1, -0.05) is 30.3 Å². The Labute approximate surface area is 110 Å². The molecule has 6 nitrogen and oxygen atoms in total. The summed E-state index contributed by atoms with van der Waals surface area (Å²) < 4.78 is 10.1. The van der Waals surface area contributed by atoms with Gasteiger partial charge in [-0.25, -0.2) is 0 Å². The molecule has 0 bridgehead atoms. The molecule has 1 heterocycles. The van der Waals surface area contributed by atoms with Gasteiger partial charge in [-0.05, 0) is 5.56 Å². The van der Waals surface area contributed by atoms with E-state index in [2.05, 4.69) is 0 Å². The standard InChI is InChI=1S/C13H16O6/c14-8-13(17,12-18-6-10(15)7-19-12)11(16)9-4-2-1-3-5-9/h1-5,11-12,14,16-17H,6-8H2/t11-,13+/m1/s1. The molecule has 2 atom stereocenters. The van der Waals surface area contributed by atoms with E-state index in [1.165, 1.54) is 0 Å². The second-order valence-corrected chi connectivity index (χ2v) is 4.46. The summed E-state index contributed by atoms with van der Waals surface area (Å²) in [7, 11) is 0. The molecule has 1 fully saturated rings. The van der Waals surface area contributed by atoms with Crippen LogP contribution in [-0.2, 0) is 14.3 Å². The van der Waals surface area contributed by atoms with Crippen molar-refractivity contribution in [3.8, 4) is 0 Å². The van der Waals surface area contributed by atoms with Gasteiger partial charge in [-0.15, -0.1) is 0 Å². The summed E-state index contributed by atoms with van der Waals surface area (Å²) in [5.41, 5.74) is -1.61. The van der Waals surface area contributed by atoms with Gasteiger partial charge in [0.1, 0.15) is 19.3 Å². The van der Waals surface area contributed by atoms with E-state index >= 15 is 0 Å². The molecule has 0 aromatic heterocycles. The van der Waals surface area contributed by atoms with Crippen LogP contribution in [0.5, 0.6) is 0 Å². The van der Waals surface area contributed by atoms with Crippen LogP contribution < -0.4 is 0 Å². The fourth-order valence-electron chi connectivity index (χ4n) is 1.93. The molecule has 0 radical (unpaired) electrons. The first-order chi connectivity index (χ1) is 9.08. The van der Waals surface area contributed by atoms with Crippen LogP contribution >= 0.6 is 0 Å². The third-order valence-electron chi connectivity index (χ3n) is 3.04. The van der Waals surface area contributed by atoms with Crippen molar-refractivity contribution in [2.75, 3.05) is 19.8 Å². The summed E-state index contributed by atoms with van der Waals surface area (Å²) in [5, 5.41) is 30.0. The second-order valence-electron chi connectivity index (χ2n) is 4.46. The number of ether oxygens (including phenoxy) is 2. The van der Waals surface area contributed by atoms with Crippen molar-refractivity contribution >= 4 is 5.78 Å². The third-order valence-corrected chi connectivity index (χ3v) is 3.04. The summed E-state index contributed by atoms with van der Waals surface area (Å²) in [6.45, 7) is -1.19. The van der Waals surface area contributed by atoms with Gasteiger partial charge in [0.2, 0.25) is 0 Å². The van der Waals surface area contributed by atoms with Gasteiger partial charge in [0.05, 0.1) is 6.61 Å². The molecule has 0 spiro atoms. The first-order valence-electron chi connectivity index (χ1n) is 5.89. The van der Waals surface area contributed by atoms with E-state index in [4.69, 9.17) is 9.47 Å². The number of benzene rings is 1. The molecule has 1 aliphatic heterocycles. The van der Waals surface area contributed by atoms with E-state index in [9.17, 15) is 20.1 Å². The number of hydrogen-bond acceptors (Lipinski definition) is 6. The fourth-order valence-corrected chi connectivity index (χ4v) is 1.93. The number of rotatable bonds is 4. The van der Waals surface area contributed by atoms with E-state index in [0.29, 0.717) is 5.56 Å². The first-order valence-corrected chi connectivity index (χ1v) is 5.89. The number of hydrogen-bond donors (Lipinski definition) is 3. The third kappa shape index (κ3) is 2.83. The van der Waals surface area contributed by atoms with E-state index < -0.39 is 24.6 Å². The van der Waals surface area contributed by atoms with Crippen molar-refractivity contribution in [2.45, 2.75) is 18.0 Å². The van der Waals surface area contributed by atoms with Crippen LogP contribution in [0, 0.1) is 0 Å². The van der Waals surface area contributed by atoms with Gasteiger partial charge in [-0.2, -0.15) is 0 Å². The monoisotopic (exact) mass is 268 g/mol. The smallest absolute Gasteiger partial charge is 0.192 e. The van der Waals surface area contributed by atoms with E-state index in [0.717, 1.165) is 0 Å². The van der Waals surface area contributed by atoms with Crippen LogP contribution in [0.1, 0.15) is 11.7 Å². The highest BCUT2D eigenvalue weighted by Gasteiger charge is 2.47. The van der Waals surface area contributed by atoms with Gasteiger partial charge < -0.3 is 24.8 Å². The number of aliphatic hydroxyl groups excluding tert-OH is 2. The van der Waals surface area contributed by atoms with E-state index in [1.807, 2.05) is 0 Å². The van der Waals surface area contributed by atoms with E-state index in [-0.39, 0.29) is 19.0 Å². The summed E-state index contributed by atoms with van der Waals surface area (Å²) in [5.74, 6) is -0.259. The van der Waals surface area contributed by atoms with Crippen LogP contribution in [0.3, 0.4) is 0 Å². The number of carbonyl (C=O) groups excluding carboxylic acids is 1. The molecule has 1 saturated heterocycles. The predicted molar refractivity (Wildman–Crippen MR) is 64.1 cm³/mol. The predicted octanol–water partition coefficient (Wildman–Crippen LogP) is -0.615. The normalized spacial score (nSPS) is 21.9. The van der Waals surface area contributed by atoms with Crippen molar-refractivity contribution in [3.05, 3.63) is 35.9 Å². The molecule has 1 aromatic rings. The van der Waals surface area contributed by atoms with Gasteiger partial charge in [0.25, 0.3) is 0 Å². The highest BCUT2D eigenvalue weighted by molar-refractivity contribution is 5.81. The number of aliphatic hydroxyl groups is 3. The lowest BCUT2D eigenvalue weighted by Gasteiger charge is -2.39. The molecule has 1 aliphatic rings. The minimum atomic E-state index is -2.03. The zero-order valence-corrected chi connectivity index (χ0v) is 10.2. The maximum absolute atomic E-state index is 11.0. The molecule has 3 N–H and O–H groups in total. The topological polar surface area (TPSA) is 96.2 Å². The Bertz CT molecular complexity index is 424. The molecule has 0 amide bonds. The maximum Gasteiger partial charge on any atom is 0.192 e. The van der Waals surface area contributed by atoms with Crippen LogP contribution in [-0.4, -0.2) is 52.8 Å². The molecule has 19 heavy (non-hydrogen) atoms. The van der Waals surface area contributed by atoms with Gasteiger partial charge >= 0.3 is 0 Å². The van der Waals surface area contributed by atoms with Crippen LogP contribution in [0.2, 0.25) is 0 Å². The Hall–Kier alpha value is -1.31. The lowest BCUT2D eigenvalue weighted by molar-refractivity contribution is -0.285. The summed E-state index contributed by atoms with van der Waals surface area (Å²) in [4.78, 5) is 11.0. The molecule has 2 rings (SSSR count). The molecule has 0 saturated carbocycles. The van der Waals surface area contributed by atoms with Crippen molar-refractivity contribution in [1.29, 1.82) is 0 Å². The quantitative estimate of drug-likeness (QED) is 0.674. The molecular formula is C13H16O6. The highest BCUT2D eigenvalue weighted by atomic mass is 16.7. The molecule has 0 unspecified atom stereocenters. The summed E-state index contributed by atoms with van der Waals surface area (Å²) in [6, 6.07) is 8.38. The Morgan fingerprint density at radius 3 is 2.37 bits per heavy atom. The zero-order valence-electron chi connectivity index (χ0n) is 10.2. The number of Topliss-reactive ketones (excluding diaryl/α,β-unsaturated/α-hetero) is 1. The van der Waals surface area contributed by atoms with Crippen molar-refractivity contribution < 1.29 is 29.6 Å². The fraction of sp³-hybridized carbons (Fsp3) is 0.462. The van der Waals surface area contributed by atoms with Gasteiger partial charge in [0.15, 0.2) is 17.7 Å². The Morgan fingerprint density at radius 2 is 1.84 bits per heavy atom. The summed E-state index contributed by atoms with van der Waals surface area (Å²) in [6.07, 6.45) is -2.65. The van der Waals surface area contributed by atoms with Crippen molar-refractivity contribution in [3.63, 3.8) is 0 Å². The zero-order chi connectivity index (χ0) is 13.9. The largest absolute Gasteiger partial charge is 0.393 e. The van der Waals surface area contributed by atoms with Crippen molar-refractivity contribution in [2.24, 2.45) is 0 Å². The average molecular weight is 268 g/mol. The minimum Gasteiger partial charge on any atom is -0.393 e. The Morgan fingerprint density at radius 1 is 1.26 bits per heavy atom. The average Bonchev–Trinajstić information content (AvgIpc) is 2.47. The lowest BCUT2D eigenvalue weighted by Crippen LogP contribution is -2.55. The van der Waals surface area contributed by atoms with Gasteiger partial charge in [-0.3, -0.25) is 4.79 Å². The molecule has 0 aliphatic carbocycles. The number of ketones is 1. The second kappa shape index (κ2) is 5.77. The van der Waals surface area contributed by atoms with Crippen LogP contribution in [0.25, 0.3) is 0 Å². The SMILES string of the molecule is O=C1COC([C@](O)(CO)[C@H](O)c2ccccc2)OC1. The van der Waals surface area contributed by atoms with Crippen molar-refractivity contribution in [1.82, 2.24) is 0 Å². The molecule has 104 valence electrons. The van der Waals surface area contributed by atoms with Gasteiger partial charge in [0, 0.05) is 0 Å². The Kier molecular flexibility index (Phi) is 4.28. The molecular weight excluding hydrogens is 252 g/mol. The van der Waals surface area contributed by atoms with Crippen LogP contribution in [0.15, 0.2) is 30.3 Å². The Balaban J connectivity index is 2.19. The maximum atomic E-state index is 11.0. The lowest BCUT2D eigenvalue weighted by atomic mass is 9.90. The first kappa shape index (κ1) is 14.1. The highest BCUT2D eigenvalue weighted by Crippen LogP contribution is 2.31. The van der Waals surface area contributed by atoms with Crippen LogP contribution in [0.4, 0.5) is 0 Å². The molecule has 6 heteroatoms. The molecule has 1 aromatic carbocycles. The summed E-state index contributed by atoms with van der Waals surface area (Å²) >= 11 is 0. The van der Waals surface area contributed by atoms with E-state index in [1.54, 1.807) is 30.3 Å².